The fraction of sp³-hybridized carbons (Fsp3) is 0.500. The number of nitrogens with zero attached hydrogens (tertiary/aromatic N) is 1. The second-order valence-corrected chi connectivity index (χ2v) is 5.83. The summed E-state index contributed by atoms with van der Waals surface area (Å²) >= 11 is 3.40. The van der Waals surface area contributed by atoms with Crippen molar-refractivity contribution in [2.45, 2.75) is 19.4 Å². The molecule has 1 aliphatic rings. The van der Waals surface area contributed by atoms with Crippen molar-refractivity contribution in [3.63, 3.8) is 0 Å². The van der Waals surface area contributed by atoms with Crippen LogP contribution in [-0.2, 0) is 0 Å². The Balaban J connectivity index is 1.98. The normalized spacial score (nSPS) is 25.1. The highest BCUT2D eigenvalue weighted by Crippen LogP contribution is 2.19. The summed E-state index contributed by atoms with van der Waals surface area (Å²) in [7, 11) is 0. The van der Waals surface area contributed by atoms with Crippen molar-refractivity contribution < 1.29 is 9.90 Å². The average molecular weight is 312 g/mol. The topological polar surface area (TPSA) is 40.5 Å². The molecule has 98 valence electrons. The molecule has 1 aromatic rings. The van der Waals surface area contributed by atoms with Crippen LogP contribution >= 0.6 is 15.9 Å². The molecule has 1 heterocycles. The van der Waals surface area contributed by atoms with E-state index in [9.17, 15) is 9.90 Å². The van der Waals surface area contributed by atoms with Crippen molar-refractivity contribution >= 4 is 21.7 Å². The molecule has 1 fully saturated rings. The Morgan fingerprint density at radius 3 is 2.89 bits per heavy atom. The monoisotopic (exact) mass is 311 g/mol. The zero-order valence-electron chi connectivity index (χ0n) is 10.5. The van der Waals surface area contributed by atoms with Gasteiger partial charge >= 0.3 is 0 Å². The highest BCUT2D eigenvalue weighted by molar-refractivity contribution is 9.10. The molecule has 1 aromatic carbocycles. The fourth-order valence-corrected chi connectivity index (χ4v) is 2.84. The van der Waals surface area contributed by atoms with Crippen molar-refractivity contribution in [1.29, 1.82) is 0 Å². The van der Waals surface area contributed by atoms with Crippen LogP contribution in [0.1, 0.15) is 23.7 Å². The van der Waals surface area contributed by atoms with E-state index in [-0.39, 0.29) is 17.8 Å². The largest absolute Gasteiger partial charge is 0.393 e. The molecule has 1 aliphatic heterocycles. The summed E-state index contributed by atoms with van der Waals surface area (Å²) in [5.41, 5.74) is 0.733. The smallest absolute Gasteiger partial charge is 0.177 e. The Morgan fingerprint density at radius 1 is 1.50 bits per heavy atom. The Labute approximate surface area is 116 Å². The standard InChI is InChI=1S/C14H18BrNO2/c1-10-8-16(7-6-13(10)17)9-14(18)11-4-2-3-5-12(11)15/h2-5,10,13,17H,6-9H2,1H3. The number of benzene rings is 1. The number of ketones is 1. The maximum atomic E-state index is 12.2. The fourth-order valence-electron chi connectivity index (χ4n) is 2.34. The van der Waals surface area contributed by atoms with E-state index in [1.54, 1.807) is 0 Å². The molecule has 0 radical (unpaired) electrons. The Bertz CT molecular complexity index is 436. The molecule has 0 bridgehead atoms. The van der Waals surface area contributed by atoms with Crippen molar-refractivity contribution in [2.75, 3.05) is 19.6 Å². The van der Waals surface area contributed by atoms with Gasteiger partial charge in [-0.05, 0) is 18.4 Å². The van der Waals surface area contributed by atoms with Crippen LogP contribution in [0.25, 0.3) is 0 Å². The number of carbonyl (C=O) groups is 1. The van der Waals surface area contributed by atoms with Crippen molar-refractivity contribution in [3.05, 3.63) is 34.3 Å². The quantitative estimate of drug-likeness (QED) is 0.871. The number of halogens is 1. The molecule has 4 heteroatoms. The minimum atomic E-state index is -0.222. The van der Waals surface area contributed by atoms with E-state index in [4.69, 9.17) is 0 Å². The van der Waals surface area contributed by atoms with E-state index >= 15 is 0 Å². The van der Waals surface area contributed by atoms with E-state index in [0.29, 0.717) is 6.54 Å². The SMILES string of the molecule is CC1CN(CC(=O)c2ccccc2Br)CCC1O. The van der Waals surface area contributed by atoms with E-state index < -0.39 is 0 Å². The summed E-state index contributed by atoms with van der Waals surface area (Å²) in [5.74, 6) is 0.372. The predicted octanol–water partition coefficient (Wildman–Crippen LogP) is 2.33. The Kier molecular flexibility index (Phi) is 4.54. The van der Waals surface area contributed by atoms with Crippen molar-refractivity contribution in [3.8, 4) is 0 Å². The molecule has 0 spiro atoms. The number of hydrogen-bond donors (Lipinski definition) is 1. The summed E-state index contributed by atoms with van der Waals surface area (Å²) < 4.78 is 0.847. The number of rotatable bonds is 3. The lowest BCUT2D eigenvalue weighted by Crippen LogP contribution is -2.44. The lowest BCUT2D eigenvalue weighted by molar-refractivity contribution is 0.0344. The van der Waals surface area contributed by atoms with E-state index in [1.165, 1.54) is 0 Å². The summed E-state index contributed by atoms with van der Waals surface area (Å²) in [4.78, 5) is 14.3. The van der Waals surface area contributed by atoms with Crippen LogP contribution in [0.5, 0.6) is 0 Å². The first-order chi connectivity index (χ1) is 8.58. The molecule has 0 aliphatic carbocycles. The third kappa shape index (κ3) is 3.19. The number of likely N-dealkylation sites (tertiary alicyclic amines) is 1. The van der Waals surface area contributed by atoms with E-state index in [2.05, 4.69) is 20.8 Å². The molecule has 2 unspecified atom stereocenters. The zero-order chi connectivity index (χ0) is 13.1. The Hall–Kier alpha value is -0.710. The number of aliphatic hydroxyl groups excluding tert-OH is 1. The summed E-state index contributed by atoms with van der Waals surface area (Å²) in [6.07, 6.45) is 0.532. The van der Waals surface area contributed by atoms with Crippen molar-refractivity contribution in [1.82, 2.24) is 4.90 Å². The molecule has 3 nitrogen and oxygen atoms in total. The average Bonchev–Trinajstić information content (AvgIpc) is 2.34. The Morgan fingerprint density at radius 2 is 2.22 bits per heavy atom. The highest BCUT2D eigenvalue weighted by atomic mass is 79.9. The summed E-state index contributed by atoms with van der Waals surface area (Å²) in [5, 5.41) is 9.67. The van der Waals surface area contributed by atoms with Crippen LogP contribution in [0.3, 0.4) is 0 Å². The first-order valence-corrected chi connectivity index (χ1v) is 7.05. The van der Waals surface area contributed by atoms with Crippen LogP contribution in [0.15, 0.2) is 28.7 Å². The van der Waals surface area contributed by atoms with Crippen LogP contribution in [-0.4, -0.2) is 41.5 Å². The third-order valence-electron chi connectivity index (χ3n) is 3.49. The predicted molar refractivity (Wildman–Crippen MR) is 74.7 cm³/mol. The second-order valence-electron chi connectivity index (χ2n) is 4.97. The van der Waals surface area contributed by atoms with Gasteiger partial charge in [-0.1, -0.05) is 41.1 Å². The van der Waals surface area contributed by atoms with Crippen LogP contribution in [0, 0.1) is 5.92 Å². The van der Waals surface area contributed by atoms with Gasteiger partial charge in [0.05, 0.1) is 12.6 Å². The first-order valence-electron chi connectivity index (χ1n) is 6.26. The molecular formula is C14H18BrNO2. The van der Waals surface area contributed by atoms with E-state index in [1.807, 2.05) is 31.2 Å². The first kappa shape index (κ1) is 13.7. The van der Waals surface area contributed by atoms with Gasteiger partial charge in [0, 0.05) is 23.1 Å². The van der Waals surface area contributed by atoms with Gasteiger partial charge in [0.15, 0.2) is 5.78 Å². The van der Waals surface area contributed by atoms with Gasteiger partial charge in [0.25, 0.3) is 0 Å². The van der Waals surface area contributed by atoms with Crippen LogP contribution in [0.4, 0.5) is 0 Å². The van der Waals surface area contributed by atoms with Gasteiger partial charge in [-0.15, -0.1) is 0 Å². The van der Waals surface area contributed by atoms with Gasteiger partial charge in [0.1, 0.15) is 0 Å². The molecule has 0 aromatic heterocycles. The highest BCUT2D eigenvalue weighted by Gasteiger charge is 2.25. The maximum absolute atomic E-state index is 12.2. The van der Waals surface area contributed by atoms with Crippen molar-refractivity contribution in [2.24, 2.45) is 5.92 Å². The van der Waals surface area contributed by atoms with Gasteiger partial charge < -0.3 is 5.11 Å². The molecule has 18 heavy (non-hydrogen) atoms. The molecule has 1 saturated heterocycles. The lowest BCUT2D eigenvalue weighted by Gasteiger charge is -2.33. The lowest BCUT2D eigenvalue weighted by atomic mass is 9.96. The number of hydrogen-bond acceptors (Lipinski definition) is 3. The molecule has 0 amide bonds. The molecular weight excluding hydrogens is 294 g/mol. The molecule has 0 saturated carbocycles. The zero-order valence-corrected chi connectivity index (χ0v) is 12.1. The molecule has 2 rings (SSSR count). The summed E-state index contributed by atoms with van der Waals surface area (Å²) in [6, 6.07) is 7.51. The van der Waals surface area contributed by atoms with E-state index in [0.717, 1.165) is 29.5 Å². The van der Waals surface area contributed by atoms with Gasteiger partial charge in [0.2, 0.25) is 0 Å². The van der Waals surface area contributed by atoms with Gasteiger partial charge in [-0.2, -0.15) is 0 Å². The minimum absolute atomic E-state index is 0.131. The number of carbonyl (C=O) groups excluding carboxylic acids is 1. The van der Waals surface area contributed by atoms with Crippen LogP contribution < -0.4 is 0 Å². The van der Waals surface area contributed by atoms with Gasteiger partial charge in [-0.25, -0.2) is 0 Å². The third-order valence-corrected chi connectivity index (χ3v) is 4.18. The minimum Gasteiger partial charge on any atom is -0.393 e. The number of Topliss-reactive ketones (excluding diaryl/α,β-unsaturated/α-hetero) is 1. The maximum Gasteiger partial charge on any atom is 0.177 e. The number of piperidine rings is 1. The molecule has 1 N–H and O–H groups in total. The molecule has 2 atom stereocenters. The number of aliphatic hydroxyl groups is 1. The summed E-state index contributed by atoms with van der Waals surface area (Å²) in [6.45, 7) is 4.04. The van der Waals surface area contributed by atoms with Gasteiger partial charge in [-0.3, -0.25) is 9.69 Å². The van der Waals surface area contributed by atoms with Crippen LogP contribution in [0.2, 0.25) is 0 Å². The second kappa shape index (κ2) is 5.95.